The number of aromatic nitrogens is 2. The van der Waals surface area contributed by atoms with Gasteiger partial charge < -0.3 is 15.6 Å². The second-order valence-electron chi connectivity index (χ2n) is 9.05. The molecule has 0 radical (unpaired) electrons. The number of carbonyl (C=O) groups excluding carboxylic acids is 1. The number of halogens is 1. The lowest BCUT2D eigenvalue weighted by Gasteiger charge is -2.19. The van der Waals surface area contributed by atoms with E-state index in [-0.39, 0.29) is 16.6 Å². The van der Waals surface area contributed by atoms with E-state index in [9.17, 15) is 17.6 Å². The summed E-state index contributed by atoms with van der Waals surface area (Å²) in [6.07, 6.45) is 0.848. The van der Waals surface area contributed by atoms with Gasteiger partial charge in [-0.2, -0.15) is 4.98 Å². The fraction of sp³-hybridized carbons (Fsp3) is 0.375. The minimum absolute atomic E-state index is 0.00893. The fourth-order valence-electron chi connectivity index (χ4n) is 2.98. The predicted octanol–water partition coefficient (Wildman–Crippen LogP) is 4.52. The lowest BCUT2D eigenvalue weighted by Crippen LogP contribution is -2.32. The summed E-state index contributed by atoms with van der Waals surface area (Å²) in [5.74, 6) is 0.212. The van der Waals surface area contributed by atoms with E-state index in [0.29, 0.717) is 22.8 Å². The van der Waals surface area contributed by atoms with Crippen molar-refractivity contribution < 1.29 is 22.1 Å². The number of carbonyl (C=O) groups is 1. The highest BCUT2D eigenvalue weighted by atomic mass is 32.2. The van der Waals surface area contributed by atoms with Crippen LogP contribution in [0.1, 0.15) is 46.0 Å². The van der Waals surface area contributed by atoms with Gasteiger partial charge in [0.2, 0.25) is 17.6 Å². The number of nitrogens with two attached hydrogens (primary N) is 1. The number of sulfonamides is 1. The first-order chi connectivity index (χ1) is 16.5. The van der Waals surface area contributed by atoms with Crippen LogP contribution in [0.15, 0.2) is 57.9 Å². The molecule has 0 bridgehead atoms. The molecule has 3 rings (SSSR count). The first kappa shape index (κ1) is 26.3. The Labute approximate surface area is 204 Å². The molecule has 0 saturated heterocycles. The highest BCUT2D eigenvalue weighted by Gasteiger charge is 2.27. The Hall–Kier alpha value is -3.31. The van der Waals surface area contributed by atoms with Crippen molar-refractivity contribution >= 4 is 27.3 Å². The Balaban J connectivity index is 1.75. The standard InChI is InChI=1S/C24H30FN5O4S/c1-5-15(2)20(26)22-28-21(29-34-22)16-7-6-8-19(13-16)35(32,33)30-18-11-9-17(10-12-18)27-23(31)24(3,4)14-25/h6-13,15,20,30H,5,14,26H2,1-4H3,(H,27,31). The van der Waals surface area contributed by atoms with Gasteiger partial charge in [-0.25, -0.2) is 12.8 Å². The van der Waals surface area contributed by atoms with Crippen LogP contribution in [0, 0.1) is 11.3 Å². The summed E-state index contributed by atoms with van der Waals surface area (Å²) in [4.78, 5) is 16.5. The number of hydrogen-bond acceptors (Lipinski definition) is 7. The molecule has 3 aromatic rings. The van der Waals surface area contributed by atoms with Crippen molar-refractivity contribution in [3.05, 3.63) is 54.4 Å². The van der Waals surface area contributed by atoms with Crippen molar-refractivity contribution in [2.75, 3.05) is 16.7 Å². The number of amides is 1. The first-order valence-corrected chi connectivity index (χ1v) is 12.6. The van der Waals surface area contributed by atoms with E-state index in [1.165, 1.54) is 50.2 Å². The normalized spacial score (nSPS) is 13.8. The second kappa shape index (κ2) is 10.5. The zero-order valence-electron chi connectivity index (χ0n) is 20.1. The van der Waals surface area contributed by atoms with Crippen molar-refractivity contribution in [1.29, 1.82) is 0 Å². The molecule has 11 heteroatoms. The second-order valence-corrected chi connectivity index (χ2v) is 10.7. The minimum atomic E-state index is -3.93. The van der Waals surface area contributed by atoms with Crippen LogP contribution in [0.2, 0.25) is 0 Å². The van der Waals surface area contributed by atoms with Gasteiger partial charge in [0, 0.05) is 16.9 Å². The van der Waals surface area contributed by atoms with Crippen molar-refractivity contribution in [2.45, 2.75) is 45.1 Å². The van der Waals surface area contributed by atoms with Crippen molar-refractivity contribution in [3.63, 3.8) is 0 Å². The van der Waals surface area contributed by atoms with Crippen LogP contribution in [0.5, 0.6) is 0 Å². The molecule has 4 N–H and O–H groups in total. The molecule has 1 aromatic heterocycles. The number of alkyl halides is 1. The van der Waals surface area contributed by atoms with Gasteiger partial charge in [0.05, 0.1) is 16.4 Å². The smallest absolute Gasteiger partial charge is 0.261 e. The average Bonchev–Trinajstić information content (AvgIpc) is 3.34. The molecule has 2 atom stereocenters. The quantitative estimate of drug-likeness (QED) is 0.369. The van der Waals surface area contributed by atoms with Crippen molar-refractivity contribution in [2.24, 2.45) is 17.1 Å². The molecule has 9 nitrogen and oxygen atoms in total. The van der Waals surface area contributed by atoms with Gasteiger partial charge in [0.1, 0.15) is 6.67 Å². The van der Waals surface area contributed by atoms with E-state index in [1.807, 2.05) is 13.8 Å². The molecular formula is C24H30FN5O4S. The van der Waals surface area contributed by atoms with Gasteiger partial charge in [-0.3, -0.25) is 9.52 Å². The van der Waals surface area contributed by atoms with Crippen LogP contribution in [0.25, 0.3) is 11.4 Å². The SMILES string of the molecule is CCC(C)C(N)c1nc(-c2cccc(S(=O)(=O)Nc3ccc(NC(=O)C(C)(C)CF)cc3)c2)no1. The maximum Gasteiger partial charge on any atom is 0.261 e. The molecule has 0 aliphatic rings. The van der Waals surface area contributed by atoms with Gasteiger partial charge in [0.25, 0.3) is 10.0 Å². The van der Waals surface area contributed by atoms with Crippen LogP contribution in [-0.2, 0) is 14.8 Å². The van der Waals surface area contributed by atoms with E-state index in [4.69, 9.17) is 10.3 Å². The molecule has 1 amide bonds. The van der Waals surface area contributed by atoms with Crippen LogP contribution in [0.4, 0.5) is 15.8 Å². The lowest BCUT2D eigenvalue weighted by molar-refractivity contribution is -0.124. The first-order valence-electron chi connectivity index (χ1n) is 11.2. The predicted molar refractivity (Wildman–Crippen MR) is 132 cm³/mol. The summed E-state index contributed by atoms with van der Waals surface area (Å²) in [5, 5.41) is 6.56. The Kier molecular flexibility index (Phi) is 7.91. The van der Waals surface area contributed by atoms with Crippen LogP contribution in [0.3, 0.4) is 0 Å². The third-order valence-corrected chi connectivity index (χ3v) is 7.11. The zero-order valence-corrected chi connectivity index (χ0v) is 20.9. The van der Waals surface area contributed by atoms with E-state index in [1.54, 1.807) is 12.1 Å². The highest BCUT2D eigenvalue weighted by molar-refractivity contribution is 7.92. The molecule has 0 fully saturated rings. The Morgan fingerprint density at radius 2 is 1.83 bits per heavy atom. The van der Waals surface area contributed by atoms with E-state index < -0.39 is 34.1 Å². The molecule has 0 saturated carbocycles. The lowest BCUT2D eigenvalue weighted by atomic mass is 9.94. The summed E-state index contributed by atoms with van der Waals surface area (Å²) in [6.45, 7) is 6.19. The van der Waals surface area contributed by atoms with Crippen LogP contribution in [-0.4, -0.2) is 31.1 Å². The molecule has 0 spiro atoms. The Morgan fingerprint density at radius 3 is 2.46 bits per heavy atom. The fourth-order valence-corrected chi connectivity index (χ4v) is 4.09. The summed E-state index contributed by atoms with van der Waals surface area (Å²) in [5.41, 5.74) is 6.16. The molecule has 2 unspecified atom stereocenters. The monoisotopic (exact) mass is 503 g/mol. The van der Waals surface area contributed by atoms with Gasteiger partial charge in [-0.1, -0.05) is 37.6 Å². The molecule has 1 heterocycles. The van der Waals surface area contributed by atoms with Crippen LogP contribution < -0.4 is 15.8 Å². The Morgan fingerprint density at radius 1 is 1.17 bits per heavy atom. The number of rotatable bonds is 10. The van der Waals surface area contributed by atoms with Gasteiger partial charge >= 0.3 is 0 Å². The van der Waals surface area contributed by atoms with E-state index in [2.05, 4.69) is 20.2 Å². The number of benzene rings is 2. The highest BCUT2D eigenvalue weighted by Crippen LogP contribution is 2.26. The topological polar surface area (TPSA) is 140 Å². The van der Waals surface area contributed by atoms with Crippen molar-refractivity contribution in [3.8, 4) is 11.4 Å². The summed E-state index contributed by atoms with van der Waals surface area (Å²) < 4.78 is 46.7. The molecule has 188 valence electrons. The van der Waals surface area contributed by atoms with E-state index in [0.717, 1.165) is 6.42 Å². The Bertz CT molecular complexity index is 1280. The molecule has 2 aromatic carbocycles. The molecular weight excluding hydrogens is 473 g/mol. The van der Waals surface area contributed by atoms with Gasteiger partial charge in [-0.05, 0) is 56.2 Å². The summed E-state index contributed by atoms with van der Waals surface area (Å²) >= 11 is 0. The van der Waals surface area contributed by atoms with Gasteiger partial charge in [-0.15, -0.1) is 0 Å². The van der Waals surface area contributed by atoms with Crippen molar-refractivity contribution in [1.82, 2.24) is 10.1 Å². The maximum atomic E-state index is 13.0. The van der Waals surface area contributed by atoms with Crippen LogP contribution >= 0.6 is 0 Å². The summed E-state index contributed by atoms with van der Waals surface area (Å²) in [6, 6.07) is 11.8. The number of nitrogens with zero attached hydrogens (tertiary/aromatic N) is 2. The number of anilines is 2. The summed E-state index contributed by atoms with van der Waals surface area (Å²) in [7, 11) is -3.93. The van der Waals surface area contributed by atoms with E-state index >= 15 is 0 Å². The third-order valence-electron chi connectivity index (χ3n) is 5.73. The number of hydrogen-bond donors (Lipinski definition) is 3. The maximum absolute atomic E-state index is 13.0. The minimum Gasteiger partial charge on any atom is -0.337 e. The molecule has 0 aliphatic heterocycles. The molecule has 0 aliphatic carbocycles. The average molecular weight is 504 g/mol. The molecule has 35 heavy (non-hydrogen) atoms. The third kappa shape index (κ3) is 6.23. The van der Waals surface area contributed by atoms with Gasteiger partial charge in [0.15, 0.2) is 0 Å². The zero-order chi connectivity index (χ0) is 25.8. The largest absolute Gasteiger partial charge is 0.337 e. The number of nitrogens with one attached hydrogen (secondary N) is 2.